The lowest BCUT2D eigenvalue weighted by Gasteiger charge is -2.28. The number of esters is 1. The summed E-state index contributed by atoms with van der Waals surface area (Å²) in [4.78, 5) is 62.1. The van der Waals surface area contributed by atoms with Crippen molar-refractivity contribution in [2.75, 3.05) is 23.8 Å². The molecule has 170 valence electrons. The number of hydrogen-bond donors (Lipinski definition) is 2. The van der Waals surface area contributed by atoms with Gasteiger partial charge in [-0.2, -0.15) is 0 Å². The maximum absolute atomic E-state index is 12.8. The van der Waals surface area contributed by atoms with Crippen molar-refractivity contribution in [3.05, 3.63) is 24.3 Å². The number of carbonyl (C=O) groups is 5. The van der Waals surface area contributed by atoms with Crippen molar-refractivity contribution in [1.82, 2.24) is 4.90 Å². The molecule has 1 heterocycles. The van der Waals surface area contributed by atoms with Crippen molar-refractivity contribution in [2.45, 2.75) is 23.0 Å². The first kappa shape index (κ1) is 22.9. The van der Waals surface area contributed by atoms with Crippen LogP contribution in [0.3, 0.4) is 0 Å². The summed E-state index contributed by atoms with van der Waals surface area (Å²) in [5.41, 5.74) is 1.04. The van der Waals surface area contributed by atoms with Crippen LogP contribution in [-0.4, -0.2) is 57.3 Å². The summed E-state index contributed by atoms with van der Waals surface area (Å²) >= 11 is 7.23. The van der Waals surface area contributed by atoms with Crippen LogP contribution in [0.1, 0.15) is 13.3 Å². The molecule has 1 aromatic carbocycles. The molecule has 2 saturated carbocycles. The van der Waals surface area contributed by atoms with E-state index in [1.54, 1.807) is 24.3 Å². The van der Waals surface area contributed by atoms with Gasteiger partial charge in [-0.1, -0.05) is 31.9 Å². The van der Waals surface area contributed by atoms with E-state index in [0.717, 1.165) is 11.3 Å². The highest BCUT2D eigenvalue weighted by molar-refractivity contribution is 9.12. The van der Waals surface area contributed by atoms with Gasteiger partial charge in [0, 0.05) is 28.0 Å². The minimum Gasteiger partial charge on any atom is -0.454 e. The van der Waals surface area contributed by atoms with E-state index >= 15 is 0 Å². The molecule has 9 nitrogen and oxygen atoms in total. The lowest BCUT2D eigenvalue weighted by atomic mass is 9.81. The van der Waals surface area contributed by atoms with E-state index in [1.807, 2.05) is 0 Å². The average Bonchev–Trinajstić information content (AvgIpc) is 3.34. The predicted molar refractivity (Wildman–Crippen MR) is 121 cm³/mol. The van der Waals surface area contributed by atoms with Gasteiger partial charge in [-0.25, -0.2) is 0 Å². The Kier molecular flexibility index (Phi) is 6.39. The van der Waals surface area contributed by atoms with Crippen molar-refractivity contribution in [1.29, 1.82) is 0 Å². The number of benzene rings is 1. The Hall–Kier alpha value is -2.27. The van der Waals surface area contributed by atoms with Crippen molar-refractivity contribution < 1.29 is 28.7 Å². The van der Waals surface area contributed by atoms with Crippen molar-refractivity contribution in [3.63, 3.8) is 0 Å². The second-order valence-corrected chi connectivity index (χ2v) is 10.3. The van der Waals surface area contributed by atoms with Crippen LogP contribution in [-0.2, 0) is 28.7 Å². The van der Waals surface area contributed by atoms with E-state index in [4.69, 9.17) is 4.74 Å². The van der Waals surface area contributed by atoms with Crippen molar-refractivity contribution in [2.24, 2.45) is 23.7 Å². The zero-order valence-electron chi connectivity index (χ0n) is 17.0. The van der Waals surface area contributed by atoms with Gasteiger partial charge in [0.25, 0.3) is 5.91 Å². The molecule has 1 aromatic rings. The summed E-state index contributed by atoms with van der Waals surface area (Å²) in [5.74, 6) is -2.94. The Morgan fingerprint density at radius 2 is 1.47 bits per heavy atom. The molecule has 1 saturated heterocycles. The third-order valence-corrected chi connectivity index (χ3v) is 9.43. The fraction of sp³-hybridized carbons (Fsp3) is 0.476. The number of ether oxygens (including phenoxy) is 1. The number of alkyl halides is 2. The summed E-state index contributed by atoms with van der Waals surface area (Å²) in [5, 5.41) is 5.17. The number of carbonyl (C=O) groups excluding carboxylic acids is 5. The molecule has 0 radical (unpaired) electrons. The molecule has 4 amide bonds. The Labute approximate surface area is 200 Å². The number of nitrogens with one attached hydrogen (secondary N) is 2. The second kappa shape index (κ2) is 8.93. The lowest BCUT2D eigenvalue weighted by molar-refractivity contribution is -0.154. The third kappa shape index (κ3) is 4.19. The van der Waals surface area contributed by atoms with Gasteiger partial charge >= 0.3 is 5.97 Å². The highest BCUT2D eigenvalue weighted by Gasteiger charge is 2.66. The molecule has 6 atom stereocenters. The number of rotatable bonds is 6. The predicted octanol–water partition coefficient (Wildman–Crippen LogP) is 1.90. The number of anilines is 2. The number of amides is 4. The van der Waals surface area contributed by atoms with Gasteiger partial charge < -0.3 is 15.4 Å². The largest absolute Gasteiger partial charge is 0.454 e. The number of halogens is 2. The Morgan fingerprint density at radius 3 is 1.97 bits per heavy atom. The first-order chi connectivity index (χ1) is 15.2. The molecule has 2 aliphatic carbocycles. The van der Waals surface area contributed by atoms with Gasteiger partial charge in [0.2, 0.25) is 17.7 Å². The van der Waals surface area contributed by atoms with Gasteiger partial charge in [-0.3, -0.25) is 28.9 Å². The minimum atomic E-state index is -0.819. The summed E-state index contributed by atoms with van der Waals surface area (Å²) in [7, 11) is 0. The molecule has 0 unspecified atom stereocenters. The number of fused-ring (bicyclic) bond motifs is 5. The van der Waals surface area contributed by atoms with Crippen molar-refractivity contribution >= 4 is 72.8 Å². The molecular weight excluding hydrogens is 550 g/mol. The topological polar surface area (TPSA) is 122 Å². The molecule has 3 fully saturated rings. The van der Waals surface area contributed by atoms with Crippen LogP contribution in [0.25, 0.3) is 0 Å². The highest BCUT2D eigenvalue weighted by atomic mass is 79.9. The number of nitrogens with zero attached hydrogens (tertiary/aromatic N) is 1. The van der Waals surface area contributed by atoms with E-state index in [2.05, 4.69) is 42.5 Å². The van der Waals surface area contributed by atoms with E-state index < -0.39 is 36.9 Å². The van der Waals surface area contributed by atoms with Gasteiger partial charge in [0.05, 0.1) is 11.8 Å². The van der Waals surface area contributed by atoms with Crippen LogP contribution < -0.4 is 10.6 Å². The molecular formula is C21H21Br2N3O6. The Bertz CT molecular complexity index is 952. The maximum atomic E-state index is 12.8. The van der Waals surface area contributed by atoms with E-state index in [1.165, 1.54) is 6.92 Å². The van der Waals surface area contributed by atoms with Gasteiger partial charge in [-0.05, 0) is 42.5 Å². The summed E-state index contributed by atoms with van der Waals surface area (Å²) in [6.45, 7) is 0.344. The van der Waals surface area contributed by atoms with E-state index in [9.17, 15) is 24.0 Å². The molecule has 32 heavy (non-hydrogen) atoms. The fourth-order valence-corrected chi connectivity index (χ4v) is 6.80. The first-order valence-corrected chi connectivity index (χ1v) is 12.0. The zero-order chi connectivity index (χ0) is 23.2. The molecule has 4 rings (SSSR count). The average molecular weight is 571 g/mol. The standard InChI is InChI=1S/C21H21Br2N3O6/c1-9(27)24-10-2-4-11(5-3-10)25-14(28)8-32-15(29)7-26-20(30)16-12-6-13(17(16)21(26)31)19(23)18(12)22/h2-5,12-13,16-19H,6-8H2,1H3,(H,24,27)(H,25,28)/t12-,13-,16-,17-,18-,19+/m1/s1. The van der Waals surface area contributed by atoms with Crippen LogP contribution in [0.5, 0.6) is 0 Å². The van der Waals surface area contributed by atoms with Crippen LogP contribution in [0.2, 0.25) is 0 Å². The molecule has 1 aliphatic heterocycles. The number of hydrogen-bond acceptors (Lipinski definition) is 6. The maximum Gasteiger partial charge on any atom is 0.326 e. The molecule has 3 aliphatic rings. The quantitative estimate of drug-likeness (QED) is 0.306. The summed E-state index contributed by atoms with van der Waals surface area (Å²) in [6, 6.07) is 6.42. The molecule has 0 aromatic heterocycles. The minimum absolute atomic E-state index is 0.0645. The zero-order valence-corrected chi connectivity index (χ0v) is 20.2. The molecule has 2 bridgehead atoms. The fourth-order valence-electron chi connectivity index (χ4n) is 4.92. The first-order valence-electron chi connectivity index (χ1n) is 10.1. The summed E-state index contributed by atoms with van der Waals surface area (Å²) < 4.78 is 4.97. The van der Waals surface area contributed by atoms with Crippen LogP contribution >= 0.6 is 31.9 Å². The van der Waals surface area contributed by atoms with Crippen molar-refractivity contribution in [3.8, 4) is 0 Å². The third-order valence-electron chi connectivity index (χ3n) is 6.22. The van der Waals surface area contributed by atoms with Crippen LogP contribution in [0, 0.1) is 23.7 Å². The molecule has 2 N–H and O–H groups in total. The normalized spacial score (nSPS) is 30.3. The SMILES string of the molecule is CC(=O)Nc1ccc(NC(=O)COC(=O)CN2C(=O)[C@@H]3[C@H]4C[C@@H]([C@@H](Br)[C@H]4Br)[C@H]3C2=O)cc1. The van der Waals surface area contributed by atoms with Crippen LogP contribution in [0.15, 0.2) is 24.3 Å². The number of likely N-dealkylation sites (tertiary alicyclic amines) is 1. The lowest BCUT2D eigenvalue weighted by Crippen LogP contribution is -2.38. The van der Waals surface area contributed by atoms with E-state index in [0.29, 0.717) is 11.4 Å². The number of imide groups is 1. The van der Waals surface area contributed by atoms with E-state index in [-0.39, 0.29) is 39.2 Å². The van der Waals surface area contributed by atoms with Gasteiger partial charge in [-0.15, -0.1) is 0 Å². The second-order valence-electron chi connectivity index (χ2n) is 8.23. The summed E-state index contributed by atoms with van der Waals surface area (Å²) in [6.07, 6.45) is 0.808. The Balaban J connectivity index is 1.27. The Morgan fingerprint density at radius 1 is 0.969 bits per heavy atom. The molecule has 11 heteroatoms. The monoisotopic (exact) mass is 569 g/mol. The van der Waals surface area contributed by atoms with Gasteiger partial charge in [0.15, 0.2) is 6.61 Å². The molecule has 0 spiro atoms. The van der Waals surface area contributed by atoms with Gasteiger partial charge in [0.1, 0.15) is 6.54 Å². The van der Waals surface area contributed by atoms with Crippen LogP contribution in [0.4, 0.5) is 11.4 Å². The smallest absolute Gasteiger partial charge is 0.326 e. The highest BCUT2D eigenvalue weighted by Crippen LogP contribution is 2.60.